The SMILES string of the molecule is O=S(=O)(c1ccccc1)N1CCCN(Cc2nccs2)CC1. The first-order valence-corrected chi connectivity index (χ1v) is 9.64. The highest BCUT2D eigenvalue weighted by Crippen LogP contribution is 2.18. The summed E-state index contributed by atoms with van der Waals surface area (Å²) in [5.74, 6) is 0. The van der Waals surface area contributed by atoms with Crippen LogP contribution < -0.4 is 0 Å². The van der Waals surface area contributed by atoms with Gasteiger partial charge >= 0.3 is 0 Å². The third-order valence-corrected chi connectivity index (χ3v) is 6.45. The minimum absolute atomic E-state index is 0.378. The van der Waals surface area contributed by atoms with Crippen molar-refractivity contribution in [1.82, 2.24) is 14.2 Å². The van der Waals surface area contributed by atoms with Crippen LogP contribution in [-0.2, 0) is 16.6 Å². The first-order valence-electron chi connectivity index (χ1n) is 7.32. The van der Waals surface area contributed by atoms with Gasteiger partial charge in [-0.3, -0.25) is 4.90 Å². The molecular weight excluding hydrogens is 318 g/mol. The van der Waals surface area contributed by atoms with Crippen molar-refractivity contribution in [1.29, 1.82) is 0 Å². The summed E-state index contributed by atoms with van der Waals surface area (Å²) in [7, 11) is -3.38. The fourth-order valence-corrected chi connectivity index (χ4v) is 4.76. The fourth-order valence-electron chi connectivity index (χ4n) is 2.61. The van der Waals surface area contributed by atoms with Crippen molar-refractivity contribution in [2.45, 2.75) is 17.9 Å². The molecule has 1 aliphatic rings. The Hall–Kier alpha value is -1.28. The largest absolute Gasteiger partial charge is 0.295 e. The van der Waals surface area contributed by atoms with Crippen LogP contribution in [0.3, 0.4) is 0 Å². The smallest absolute Gasteiger partial charge is 0.243 e. The Morgan fingerprint density at radius 2 is 1.91 bits per heavy atom. The lowest BCUT2D eigenvalue weighted by molar-refractivity contribution is 0.278. The monoisotopic (exact) mass is 337 g/mol. The van der Waals surface area contributed by atoms with Crippen molar-refractivity contribution in [2.75, 3.05) is 26.2 Å². The molecule has 1 fully saturated rings. The van der Waals surface area contributed by atoms with E-state index in [0.717, 1.165) is 31.1 Å². The Morgan fingerprint density at radius 3 is 2.64 bits per heavy atom. The molecule has 0 saturated carbocycles. The number of nitrogens with zero attached hydrogens (tertiary/aromatic N) is 3. The standard InChI is InChI=1S/C15H19N3O2S2/c19-22(20,14-5-2-1-3-6-14)18-9-4-8-17(10-11-18)13-15-16-7-12-21-15/h1-3,5-7,12H,4,8-11,13H2. The van der Waals surface area contributed by atoms with Crippen LogP contribution in [0.5, 0.6) is 0 Å². The normalized spacial score (nSPS) is 18.2. The molecule has 1 aliphatic heterocycles. The maximum Gasteiger partial charge on any atom is 0.243 e. The molecule has 0 bridgehead atoms. The molecule has 0 aliphatic carbocycles. The molecule has 0 spiro atoms. The van der Waals surface area contributed by atoms with Gasteiger partial charge in [0.2, 0.25) is 10.0 Å². The van der Waals surface area contributed by atoms with E-state index < -0.39 is 10.0 Å². The van der Waals surface area contributed by atoms with E-state index in [1.807, 2.05) is 17.6 Å². The molecule has 5 nitrogen and oxygen atoms in total. The fraction of sp³-hybridized carbons (Fsp3) is 0.400. The number of hydrogen-bond donors (Lipinski definition) is 0. The average molecular weight is 337 g/mol. The van der Waals surface area contributed by atoms with Crippen molar-refractivity contribution in [3.8, 4) is 0 Å². The minimum Gasteiger partial charge on any atom is -0.295 e. The Balaban J connectivity index is 1.67. The van der Waals surface area contributed by atoms with Gasteiger partial charge in [-0.15, -0.1) is 11.3 Å². The molecule has 2 aromatic rings. The van der Waals surface area contributed by atoms with Crippen molar-refractivity contribution in [3.63, 3.8) is 0 Å². The van der Waals surface area contributed by atoms with E-state index in [1.165, 1.54) is 0 Å². The number of sulfonamides is 1. The van der Waals surface area contributed by atoms with Gasteiger partial charge in [0.25, 0.3) is 0 Å². The first kappa shape index (κ1) is 15.6. The second-order valence-electron chi connectivity index (χ2n) is 5.27. The first-order chi connectivity index (χ1) is 10.7. The maximum atomic E-state index is 12.7. The Kier molecular flexibility index (Phi) is 4.87. The Labute approximate surface area is 135 Å². The molecule has 0 radical (unpaired) electrons. The van der Waals surface area contributed by atoms with Crippen LogP contribution in [0, 0.1) is 0 Å². The van der Waals surface area contributed by atoms with Gasteiger partial charge in [0.15, 0.2) is 0 Å². The van der Waals surface area contributed by atoms with E-state index in [0.29, 0.717) is 18.0 Å². The maximum absolute atomic E-state index is 12.7. The van der Waals surface area contributed by atoms with E-state index in [9.17, 15) is 8.42 Å². The minimum atomic E-state index is -3.38. The Morgan fingerprint density at radius 1 is 1.09 bits per heavy atom. The van der Waals surface area contributed by atoms with Crippen molar-refractivity contribution < 1.29 is 8.42 Å². The van der Waals surface area contributed by atoms with Gasteiger partial charge in [-0.2, -0.15) is 4.31 Å². The van der Waals surface area contributed by atoms with E-state index in [1.54, 1.807) is 39.9 Å². The third-order valence-electron chi connectivity index (χ3n) is 3.77. The third kappa shape index (κ3) is 3.55. The molecule has 2 heterocycles. The van der Waals surface area contributed by atoms with Crippen molar-refractivity contribution in [3.05, 3.63) is 46.9 Å². The molecule has 3 rings (SSSR count). The summed E-state index contributed by atoms with van der Waals surface area (Å²) in [6.07, 6.45) is 2.65. The second kappa shape index (κ2) is 6.87. The van der Waals surface area contributed by atoms with Gasteiger partial charge in [0.05, 0.1) is 11.4 Å². The predicted molar refractivity (Wildman–Crippen MR) is 87.2 cm³/mol. The van der Waals surface area contributed by atoms with Crippen LogP contribution in [-0.4, -0.2) is 48.8 Å². The van der Waals surface area contributed by atoms with Crippen LogP contribution in [0.1, 0.15) is 11.4 Å². The summed E-state index contributed by atoms with van der Waals surface area (Å²) in [6, 6.07) is 8.68. The lowest BCUT2D eigenvalue weighted by atomic mass is 10.4. The highest BCUT2D eigenvalue weighted by atomic mass is 32.2. The number of benzene rings is 1. The van der Waals surface area contributed by atoms with Gasteiger partial charge in [0.1, 0.15) is 5.01 Å². The number of rotatable bonds is 4. The summed E-state index contributed by atoms with van der Waals surface area (Å²) >= 11 is 1.64. The average Bonchev–Trinajstić information content (AvgIpc) is 2.92. The molecular formula is C15H19N3O2S2. The van der Waals surface area contributed by atoms with Crippen molar-refractivity contribution >= 4 is 21.4 Å². The van der Waals surface area contributed by atoms with Gasteiger partial charge in [0, 0.05) is 31.2 Å². The van der Waals surface area contributed by atoms with Crippen LogP contribution in [0.25, 0.3) is 0 Å². The molecule has 0 atom stereocenters. The zero-order chi connectivity index (χ0) is 15.4. The van der Waals surface area contributed by atoms with E-state index in [4.69, 9.17) is 0 Å². The molecule has 1 aromatic carbocycles. The molecule has 118 valence electrons. The second-order valence-corrected chi connectivity index (χ2v) is 8.19. The summed E-state index contributed by atoms with van der Waals surface area (Å²) in [5, 5.41) is 3.05. The summed E-state index contributed by atoms with van der Waals surface area (Å²) in [6.45, 7) is 3.55. The highest BCUT2D eigenvalue weighted by molar-refractivity contribution is 7.89. The van der Waals surface area contributed by atoms with Crippen LogP contribution in [0.4, 0.5) is 0 Å². The molecule has 0 amide bonds. The molecule has 1 aromatic heterocycles. The topological polar surface area (TPSA) is 53.5 Å². The van der Waals surface area contributed by atoms with E-state index in [2.05, 4.69) is 9.88 Å². The molecule has 0 N–H and O–H groups in total. The Bertz CT molecular complexity index is 687. The van der Waals surface area contributed by atoms with Crippen LogP contribution in [0.2, 0.25) is 0 Å². The van der Waals surface area contributed by atoms with Gasteiger partial charge < -0.3 is 0 Å². The molecule has 1 saturated heterocycles. The van der Waals surface area contributed by atoms with Crippen molar-refractivity contribution in [2.24, 2.45) is 0 Å². The number of hydrogen-bond acceptors (Lipinski definition) is 5. The lowest BCUT2D eigenvalue weighted by Gasteiger charge is -2.21. The summed E-state index contributed by atoms with van der Waals surface area (Å²) < 4.78 is 26.9. The molecule has 0 unspecified atom stereocenters. The van der Waals surface area contributed by atoms with Crippen LogP contribution in [0.15, 0.2) is 46.8 Å². The molecule has 7 heteroatoms. The highest BCUT2D eigenvalue weighted by Gasteiger charge is 2.26. The predicted octanol–water partition coefficient (Wildman–Crippen LogP) is 2.04. The summed E-state index contributed by atoms with van der Waals surface area (Å²) in [4.78, 5) is 6.96. The van der Waals surface area contributed by atoms with Crippen LogP contribution >= 0.6 is 11.3 Å². The quantitative estimate of drug-likeness (QED) is 0.857. The van der Waals surface area contributed by atoms with Gasteiger partial charge in [-0.05, 0) is 25.1 Å². The zero-order valence-corrected chi connectivity index (χ0v) is 13.9. The summed E-state index contributed by atoms with van der Waals surface area (Å²) in [5.41, 5.74) is 0. The molecule has 22 heavy (non-hydrogen) atoms. The van der Waals surface area contributed by atoms with E-state index in [-0.39, 0.29) is 0 Å². The van der Waals surface area contributed by atoms with E-state index >= 15 is 0 Å². The van der Waals surface area contributed by atoms with Gasteiger partial charge in [-0.1, -0.05) is 18.2 Å². The van der Waals surface area contributed by atoms with Gasteiger partial charge in [-0.25, -0.2) is 13.4 Å². The lowest BCUT2D eigenvalue weighted by Crippen LogP contribution is -2.35. The number of aromatic nitrogens is 1. The number of thiazole rings is 1. The zero-order valence-electron chi connectivity index (χ0n) is 12.3.